The number of phenols is 1. The fourth-order valence-electron chi connectivity index (χ4n) is 2.38. The minimum Gasteiger partial charge on any atom is -0.506 e. The lowest BCUT2D eigenvalue weighted by molar-refractivity contribution is 0.0997. The van der Waals surface area contributed by atoms with Gasteiger partial charge in [0, 0.05) is 29.0 Å². The van der Waals surface area contributed by atoms with Gasteiger partial charge in [0.1, 0.15) is 11.5 Å². The van der Waals surface area contributed by atoms with Crippen LogP contribution in [0.2, 0.25) is 5.02 Å². The number of carbonyl (C=O) groups excluding carboxylic acids is 1. The van der Waals surface area contributed by atoms with E-state index in [1.165, 1.54) is 13.2 Å². The third kappa shape index (κ3) is 2.91. The summed E-state index contributed by atoms with van der Waals surface area (Å²) >= 11 is 5.92. The number of aromatic nitrogens is 1. The molecule has 0 aliphatic carbocycles. The van der Waals surface area contributed by atoms with Crippen LogP contribution in [0.25, 0.3) is 10.9 Å². The Hall–Kier alpha value is -2.99. The van der Waals surface area contributed by atoms with Crippen LogP contribution in [-0.4, -0.2) is 23.1 Å². The fourth-order valence-corrected chi connectivity index (χ4v) is 2.56. The number of carbonyl (C=O) groups is 1. The normalized spacial score (nSPS) is 10.6. The molecule has 1 aromatic heterocycles. The van der Waals surface area contributed by atoms with E-state index in [0.717, 1.165) is 0 Å². The van der Waals surface area contributed by atoms with E-state index in [2.05, 4.69) is 10.3 Å². The van der Waals surface area contributed by atoms with Crippen LogP contribution >= 0.6 is 11.6 Å². The molecule has 0 aliphatic rings. The zero-order chi connectivity index (χ0) is 17.3. The highest BCUT2D eigenvalue weighted by atomic mass is 35.5. The second kappa shape index (κ2) is 6.25. The smallest absolute Gasteiger partial charge is 0.252 e. The molecule has 3 rings (SSSR count). The molecule has 0 fully saturated rings. The maximum Gasteiger partial charge on any atom is 0.252 e. The first-order chi connectivity index (χ1) is 11.5. The van der Waals surface area contributed by atoms with E-state index < -0.39 is 5.91 Å². The number of anilines is 2. The summed E-state index contributed by atoms with van der Waals surface area (Å²) in [5, 5.41) is 13.6. The topological polar surface area (TPSA) is 97.5 Å². The van der Waals surface area contributed by atoms with Gasteiger partial charge in [-0.1, -0.05) is 11.6 Å². The molecule has 1 heterocycles. The summed E-state index contributed by atoms with van der Waals surface area (Å²) in [6.07, 6.45) is 1.63. The Balaban J connectivity index is 2.12. The Morgan fingerprint density at radius 2 is 2.08 bits per heavy atom. The number of amides is 1. The van der Waals surface area contributed by atoms with Crippen LogP contribution in [-0.2, 0) is 0 Å². The SMILES string of the molecule is COc1cc2nccc(Nc3ccc(O)c(Cl)c3)c2cc1C(N)=O. The molecule has 0 bridgehead atoms. The highest BCUT2D eigenvalue weighted by Gasteiger charge is 2.13. The number of rotatable bonds is 4. The molecule has 2 aromatic carbocycles. The summed E-state index contributed by atoms with van der Waals surface area (Å²) in [7, 11) is 1.47. The van der Waals surface area contributed by atoms with Crippen LogP contribution in [0.1, 0.15) is 10.4 Å². The maximum atomic E-state index is 11.6. The zero-order valence-corrected chi connectivity index (χ0v) is 13.5. The molecule has 24 heavy (non-hydrogen) atoms. The Kier molecular flexibility index (Phi) is 4.14. The van der Waals surface area contributed by atoms with E-state index in [9.17, 15) is 9.90 Å². The van der Waals surface area contributed by atoms with Crippen LogP contribution in [0.3, 0.4) is 0 Å². The van der Waals surface area contributed by atoms with Crippen molar-refractivity contribution in [3.8, 4) is 11.5 Å². The Labute approximate surface area is 142 Å². The quantitative estimate of drug-likeness (QED) is 0.630. The molecule has 4 N–H and O–H groups in total. The highest BCUT2D eigenvalue weighted by Crippen LogP contribution is 2.32. The van der Waals surface area contributed by atoms with Gasteiger partial charge in [0.2, 0.25) is 0 Å². The maximum absolute atomic E-state index is 11.6. The number of fused-ring (bicyclic) bond motifs is 1. The summed E-state index contributed by atoms with van der Waals surface area (Å²) in [6, 6.07) is 9.83. The molecule has 0 atom stereocenters. The molecule has 0 saturated heterocycles. The lowest BCUT2D eigenvalue weighted by Crippen LogP contribution is -2.12. The number of methoxy groups -OCH3 is 1. The third-order valence-electron chi connectivity index (χ3n) is 3.55. The molecule has 3 aromatic rings. The second-order valence-corrected chi connectivity index (χ2v) is 5.49. The molecule has 0 unspecified atom stereocenters. The number of hydrogen-bond donors (Lipinski definition) is 3. The molecule has 7 heteroatoms. The molecular weight excluding hydrogens is 330 g/mol. The average molecular weight is 344 g/mol. The number of ether oxygens (including phenoxy) is 1. The summed E-state index contributed by atoms with van der Waals surface area (Å²) in [5.74, 6) is -0.217. The number of nitrogens with one attached hydrogen (secondary N) is 1. The standard InChI is InChI=1S/C17H14ClN3O3/c1-24-16-8-14-10(7-11(16)17(19)23)13(4-5-20-14)21-9-2-3-15(22)12(18)6-9/h2-8,22H,1H3,(H2,19,23)(H,20,21). The largest absolute Gasteiger partial charge is 0.506 e. The van der Waals surface area contributed by atoms with E-state index in [0.29, 0.717) is 28.0 Å². The van der Waals surface area contributed by atoms with Crippen LogP contribution in [0.5, 0.6) is 11.5 Å². The number of phenolic OH excluding ortho intramolecular Hbond substituents is 1. The van der Waals surface area contributed by atoms with Crippen LogP contribution < -0.4 is 15.8 Å². The lowest BCUT2D eigenvalue weighted by Gasteiger charge is -2.12. The fraction of sp³-hybridized carbons (Fsp3) is 0.0588. The predicted molar refractivity (Wildman–Crippen MR) is 93.2 cm³/mol. The number of halogens is 1. The predicted octanol–water partition coefficient (Wildman–Crippen LogP) is 3.44. The zero-order valence-electron chi connectivity index (χ0n) is 12.7. The first kappa shape index (κ1) is 15.9. The van der Waals surface area contributed by atoms with Crippen molar-refractivity contribution >= 4 is 39.8 Å². The van der Waals surface area contributed by atoms with Gasteiger partial charge in [-0.25, -0.2) is 0 Å². The average Bonchev–Trinajstić information content (AvgIpc) is 2.57. The number of primary amides is 1. The molecule has 0 saturated carbocycles. The minimum atomic E-state index is -0.587. The summed E-state index contributed by atoms with van der Waals surface area (Å²) < 4.78 is 5.20. The van der Waals surface area contributed by atoms with Crippen LogP contribution in [0.4, 0.5) is 11.4 Å². The number of aromatic hydroxyl groups is 1. The Bertz CT molecular complexity index is 944. The molecule has 0 spiro atoms. The Morgan fingerprint density at radius 1 is 1.29 bits per heavy atom. The second-order valence-electron chi connectivity index (χ2n) is 5.08. The van der Waals surface area contributed by atoms with E-state index >= 15 is 0 Å². The first-order valence-electron chi connectivity index (χ1n) is 7.01. The minimum absolute atomic E-state index is 0.00236. The molecule has 0 radical (unpaired) electrons. The molecule has 1 amide bonds. The summed E-state index contributed by atoms with van der Waals surface area (Å²) in [5.41, 5.74) is 7.73. The molecule has 122 valence electrons. The number of nitrogens with zero attached hydrogens (tertiary/aromatic N) is 1. The number of pyridine rings is 1. The van der Waals surface area contributed by atoms with E-state index in [1.807, 2.05) is 0 Å². The highest BCUT2D eigenvalue weighted by molar-refractivity contribution is 6.32. The van der Waals surface area contributed by atoms with E-state index in [4.69, 9.17) is 22.1 Å². The van der Waals surface area contributed by atoms with Crippen molar-refractivity contribution in [1.82, 2.24) is 4.98 Å². The molecular formula is C17H14ClN3O3. The van der Waals surface area contributed by atoms with Crippen molar-refractivity contribution < 1.29 is 14.6 Å². The number of hydrogen-bond acceptors (Lipinski definition) is 5. The van der Waals surface area contributed by atoms with Crippen molar-refractivity contribution in [3.63, 3.8) is 0 Å². The van der Waals surface area contributed by atoms with Crippen molar-refractivity contribution in [2.45, 2.75) is 0 Å². The van der Waals surface area contributed by atoms with Crippen LogP contribution in [0.15, 0.2) is 42.6 Å². The van der Waals surface area contributed by atoms with Crippen molar-refractivity contribution in [2.24, 2.45) is 5.73 Å². The van der Waals surface area contributed by atoms with Crippen molar-refractivity contribution in [3.05, 3.63) is 53.2 Å². The summed E-state index contributed by atoms with van der Waals surface area (Å²) in [6.45, 7) is 0. The van der Waals surface area contributed by atoms with Crippen molar-refractivity contribution in [1.29, 1.82) is 0 Å². The van der Waals surface area contributed by atoms with E-state index in [1.54, 1.807) is 36.5 Å². The number of benzene rings is 2. The lowest BCUT2D eigenvalue weighted by atomic mass is 10.1. The van der Waals surface area contributed by atoms with Crippen LogP contribution in [0, 0.1) is 0 Å². The molecule has 6 nitrogen and oxygen atoms in total. The first-order valence-corrected chi connectivity index (χ1v) is 7.39. The van der Waals surface area contributed by atoms with Gasteiger partial charge in [0.15, 0.2) is 0 Å². The number of nitrogens with two attached hydrogens (primary N) is 1. The Morgan fingerprint density at radius 3 is 2.75 bits per heavy atom. The van der Waals surface area contributed by atoms with Gasteiger partial charge >= 0.3 is 0 Å². The third-order valence-corrected chi connectivity index (χ3v) is 3.86. The van der Waals surface area contributed by atoms with Gasteiger partial charge in [-0.15, -0.1) is 0 Å². The monoisotopic (exact) mass is 343 g/mol. The van der Waals surface area contributed by atoms with Gasteiger partial charge in [0.05, 0.1) is 23.2 Å². The van der Waals surface area contributed by atoms with E-state index in [-0.39, 0.29) is 16.3 Å². The van der Waals surface area contributed by atoms with Crippen molar-refractivity contribution in [2.75, 3.05) is 12.4 Å². The van der Waals surface area contributed by atoms with Gasteiger partial charge in [-0.3, -0.25) is 9.78 Å². The van der Waals surface area contributed by atoms with Gasteiger partial charge in [-0.2, -0.15) is 0 Å². The summed E-state index contributed by atoms with van der Waals surface area (Å²) in [4.78, 5) is 15.9. The van der Waals surface area contributed by atoms with Gasteiger partial charge in [0.25, 0.3) is 5.91 Å². The van der Waals surface area contributed by atoms with Gasteiger partial charge < -0.3 is 20.9 Å². The molecule has 0 aliphatic heterocycles. The van der Waals surface area contributed by atoms with Gasteiger partial charge in [-0.05, 0) is 30.3 Å².